The molecule has 0 unspecified atom stereocenters. The predicted molar refractivity (Wildman–Crippen MR) is 69.3 cm³/mol. The van der Waals surface area contributed by atoms with Crippen LogP contribution in [0.3, 0.4) is 0 Å². The largest absolute Gasteiger partial charge is 0.479 e. The van der Waals surface area contributed by atoms with E-state index >= 15 is 0 Å². The maximum absolute atomic E-state index is 12.5. The molecule has 1 aliphatic carbocycles. The number of hydrogen-bond donors (Lipinski definition) is 1. The number of carboxylic acid groups (broad SMARTS) is 1. The summed E-state index contributed by atoms with van der Waals surface area (Å²) in [6.07, 6.45) is 3.84. The van der Waals surface area contributed by atoms with Crippen LogP contribution in [-0.4, -0.2) is 59.4 Å². The summed E-state index contributed by atoms with van der Waals surface area (Å²) in [5, 5.41) is 8.92. The molecule has 0 bridgehead atoms. The molecule has 3 rings (SSSR count). The Bertz CT molecular complexity index is 404. The lowest BCUT2D eigenvalue weighted by molar-refractivity contribution is -0.164. The van der Waals surface area contributed by atoms with E-state index in [1.54, 1.807) is 0 Å². The van der Waals surface area contributed by atoms with Crippen molar-refractivity contribution in [2.75, 3.05) is 19.7 Å². The first kappa shape index (κ1) is 13.8. The SMILES string of the molecule is O=C(O)[C@H]1CC[C@@H](C(=O)N2CCOC3(CCCC3)C2)O1. The third-order valence-corrected chi connectivity index (χ3v) is 4.65. The molecule has 20 heavy (non-hydrogen) atoms. The number of amides is 1. The van der Waals surface area contributed by atoms with E-state index < -0.39 is 18.2 Å². The van der Waals surface area contributed by atoms with Crippen molar-refractivity contribution >= 4 is 11.9 Å². The van der Waals surface area contributed by atoms with Crippen LogP contribution in [0.15, 0.2) is 0 Å². The molecule has 6 nitrogen and oxygen atoms in total. The lowest BCUT2D eigenvalue weighted by Gasteiger charge is -2.41. The highest BCUT2D eigenvalue weighted by atomic mass is 16.5. The summed E-state index contributed by atoms with van der Waals surface area (Å²) in [6.45, 7) is 1.78. The Kier molecular flexibility index (Phi) is 3.69. The topological polar surface area (TPSA) is 76.1 Å². The van der Waals surface area contributed by atoms with E-state index in [1.165, 1.54) is 0 Å². The fourth-order valence-corrected chi connectivity index (χ4v) is 3.56. The van der Waals surface area contributed by atoms with Gasteiger partial charge in [0.2, 0.25) is 0 Å². The molecule has 2 saturated heterocycles. The Morgan fingerprint density at radius 3 is 2.50 bits per heavy atom. The summed E-state index contributed by atoms with van der Waals surface area (Å²) in [5.74, 6) is -1.04. The zero-order valence-corrected chi connectivity index (χ0v) is 11.5. The van der Waals surface area contributed by atoms with Crippen molar-refractivity contribution in [2.24, 2.45) is 0 Å². The molecule has 0 aromatic carbocycles. The number of ether oxygens (including phenoxy) is 2. The molecule has 0 aromatic heterocycles. The lowest BCUT2D eigenvalue weighted by Crippen LogP contribution is -2.54. The normalized spacial score (nSPS) is 32.7. The van der Waals surface area contributed by atoms with E-state index in [2.05, 4.69) is 0 Å². The first-order valence-electron chi connectivity index (χ1n) is 7.41. The zero-order chi connectivity index (χ0) is 14.2. The molecule has 0 aromatic rings. The molecule has 3 aliphatic rings. The minimum absolute atomic E-state index is 0.0664. The average Bonchev–Trinajstić information content (AvgIpc) is 3.08. The van der Waals surface area contributed by atoms with Crippen molar-refractivity contribution in [3.8, 4) is 0 Å². The highest BCUT2D eigenvalue weighted by molar-refractivity contribution is 5.83. The smallest absolute Gasteiger partial charge is 0.332 e. The summed E-state index contributed by atoms with van der Waals surface area (Å²) in [7, 11) is 0. The van der Waals surface area contributed by atoms with Crippen LogP contribution in [0, 0.1) is 0 Å². The Hall–Kier alpha value is -1.14. The second kappa shape index (κ2) is 5.33. The highest BCUT2D eigenvalue weighted by Crippen LogP contribution is 2.36. The van der Waals surface area contributed by atoms with Gasteiger partial charge in [0.15, 0.2) is 6.10 Å². The van der Waals surface area contributed by atoms with Gasteiger partial charge in [-0.15, -0.1) is 0 Å². The van der Waals surface area contributed by atoms with Gasteiger partial charge < -0.3 is 19.5 Å². The molecule has 2 heterocycles. The second-order valence-corrected chi connectivity index (χ2v) is 6.03. The van der Waals surface area contributed by atoms with Crippen molar-refractivity contribution in [3.05, 3.63) is 0 Å². The zero-order valence-electron chi connectivity index (χ0n) is 11.5. The number of aliphatic carboxylic acids is 1. The highest BCUT2D eigenvalue weighted by Gasteiger charge is 2.43. The second-order valence-electron chi connectivity index (χ2n) is 6.03. The fourth-order valence-electron chi connectivity index (χ4n) is 3.56. The Morgan fingerprint density at radius 1 is 1.15 bits per heavy atom. The van der Waals surface area contributed by atoms with E-state index in [1.807, 2.05) is 4.90 Å². The number of morpholine rings is 1. The van der Waals surface area contributed by atoms with Gasteiger partial charge in [0.1, 0.15) is 6.10 Å². The van der Waals surface area contributed by atoms with Gasteiger partial charge in [-0.3, -0.25) is 4.79 Å². The van der Waals surface area contributed by atoms with Crippen LogP contribution in [0.1, 0.15) is 38.5 Å². The molecular weight excluding hydrogens is 262 g/mol. The van der Waals surface area contributed by atoms with E-state index in [4.69, 9.17) is 14.6 Å². The van der Waals surface area contributed by atoms with Gasteiger partial charge >= 0.3 is 5.97 Å². The van der Waals surface area contributed by atoms with Gasteiger partial charge in [0, 0.05) is 13.1 Å². The molecule has 6 heteroatoms. The standard InChI is InChI=1S/C14H21NO5/c16-12(10-3-4-11(20-10)13(17)18)15-7-8-19-14(9-15)5-1-2-6-14/h10-11H,1-9H2,(H,17,18)/t10-,11+/m0/s1. The number of carboxylic acids is 1. The van der Waals surface area contributed by atoms with Crippen LogP contribution in [0.4, 0.5) is 0 Å². The predicted octanol–water partition coefficient (Wildman–Crippen LogP) is 0.790. The van der Waals surface area contributed by atoms with Gasteiger partial charge in [-0.25, -0.2) is 4.79 Å². The maximum Gasteiger partial charge on any atom is 0.332 e. The number of carbonyl (C=O) groups excluding carboxylic acids is 1. The molecule has 1 saturated carbocycles. The maximum atomic E-state index is 12.5. The van der Waals surface area contributed by atoms with E-state index in [0.717, 1.165) is 25.7 Å². The van der Waals surface area contributed by atoms with E-state index in [0.29, 0.717) is 32.5 Å². The van der Waals surface area contributed by atoms with Gasteiger partial charge in [-0.05, 0) is 25.7 Å². The average molecular weight is 283 g/mol. The van der Waals surface area contributed by atoms with Gasteiger partial charge in [-0.1, -0.05) is 12.8 Å². The number of hydrogen-bond acceptors (Lipinski definition) is 4. The molecule has 1 spiro atoms. The molecule has 3 fully saturated rings. The third kappa shape index (κ3) is 2.54. The minimum atomic E-state index is -0.977. The van der Waals surface area contributed by atoms with Gasteiger partial charge in [0.05, 0.1) is 12.2 Å². The number of nitrogens with zero attached hydrogens (tertiary/aromatic N) is 1. The summed E-state index contributed by atoms with van der Waals surface area (Å²) in [4.78, 5) is 25.2. The van der Waals surface area contributed by atoms with Gasteiger partial charge in [-0.2, -0.15) is 0 Å². The monoisotopic (exact) mass is 283 g/mol. The summed E-state index contributed by atoms with van der Waals surface area (Å²) in [6, 6.07) is 0. The van der Waals surface area contributed by atoms with Crippen LogP contribution >= 0.6 is 0 Å². The van der Waals surface area contributed by atoms with Crippen molar-refractivity contribution < 1.29 is 24.2 Å². The van der Waals surface area contributed by atoms with Gasteiger partial charge in [0.25, 0.3) is 5.91 Å². The van der Waals surface area contributed by atoms with E-state index in [9.17, 15) is 9.59 Å². The summed E-state index contributed by atoms with van der Waals surface area (Å²) in [5.41, 5.74) is -0.154. The minimum Gasteiger partial charge on any atom is -0.479 e. The van der Waals surface area contributed by atoms with E-state index in [-0.39, 0.29) is 11.5 Å². The van der Waals surface area contributed by atoms with Crippen LogP contribution in [0.5, 0.6) is 0 Å². The Balaban J connectivity index is 1.61. The van der Waals surface area contributed by atoms with Crippen molar-refractivity contribution in [1.82, 2.24) is 4.90 Å². The fraction of sp³-hybridized carbons (Fsp3) is 0.857. The summed E-state index contributed by atoms with van der Waals surface area (Å²) < 4.78 is 11.3. The van der Waals surface area contributed by atoms with Crippen LogP contribution in [-0.2, 0) is 19.1 Å². The van der Waals surface area contributed by atoms with Crippen molar-refractivity contribution in [2.45, 2.75) is 56.3 Å². The molecule has 2 aliphatic heterocycles. The molecule has 1 amide bonds. The van der Waals surface area contributed by atoms with Crippen LogP contribution in [0.25, 0.3) is 0 Å². The number of rotatable bonds is 2. The van der Waals surface area contributed by atoms with Crippen molar-refractivity contribution in [1.29, 1.82) is 0 Å². The third-order valence-electron chi connectivity index (χ3n) is 4.65. The molecular formula is C14H21NO5. The molecule has 0 radical (unpaired) electrons. The summed E-state index contributed by atoms with van der Waals surface area (Å²) >= 11 is 0. The quantitative estimate of drug-likeness (QED) is 0.811. The molecule has 112 valence electrons. The Labute approximate surface area is 118 Å². The molecule has 1 N–H and O–H groups in total. The first-order valence-corrected chi connectivity index (χ1v) is 7.41. The molecule has 2 atom stereocenters. The van der Waals surface area contributed by atoms with Crippen LogP contribution < -0.4 is 0 Å². The number of carbonyl (C=O) groups is 2. The lowest BCUT2D eigenvalue weighted by atomic mass is 9.99. The Morgan fingerprint density at radius 2 is 1.85 bits per heavy atom. The van der Waals surface area contributed by atoms with Crippen LogP contribution in [0.2, 0.25) is 0 Å². The van der Waals surface area contributed by atoms with Crippen molar-refractivity contribution in [3.63, 3.8) is 0 Å². The first-order chi connectivity index (χ1) is 9.60.